The molecule has 0 saturated heterocycles. The van der Waals surface area contributed by atoms with E-state index < -0.39 is 0 Å². The van der Waals surface area contributed by atoms with Gasteiger partial charge >= 0.3 is 0 Å². The number of anilines is 1. The van der Waals surface area contributed by atoms with Crippen LogP contribution in [0.25, 0.3) is 0 Å². The van der Waals surface area contributed by atoms with Gasteiger partial charge < -0.3 is 9.80 Å². The molecule has 0 spiro atoms. The quantitative estimate of drug-likeness (QED) is 0.792. The van der Waals surface area contributed by atoms with Gasteiger partial charge in [0.1, 0.15) is 0 Å². The van der Waals surface area contributed by atoms with Gasteiger partial charge in [-0.2, -0.15) is 5.10 Å². The summed E-state index contributed by atoms with van der Waals surface area (Å²) >= 11 is 0. The lowest BCUT2D eigenvalue weighted by atomic mass is 10.2. The van der Waals surface area contributed by atoms with Crippen molar-refractivity contribution in [2.75, 3.05) is 32.1 Å². The third-order valence-corrected chi connectivity index (χ3v) is 2.86. The van der Waals surface area contributed by atoms with Gasteiger partial charge in [0, 0.05) is 20.6 Å². The van der Waals surface area contributed by atoms with Gasteiger partial charge in [0.25, 0.3) is 0 Å². The van der Waals surface area contributed by atoms with Crippen LogP contribution in [0.15, 0.2) is 6.07 Å². The van der Waals surface area contributed by atoms with E-state index in [-0.39, 0.29) is 5.91 Å². The standard InChI is InChI=1S/C13H22N4O/c1-6-7-17(9-13(18)16(4)5)12-8-10(2)11(3)14-15-12/h8H,6-7,9H2,1-5H3. The third kappa shape index (κ3) is 3.68. The molecule has 1 aromatic rings. The summed E-state index contributed by atoms with van der Waals surface area (Å²) in [6.45, 7) is 7.17. The van der Waals surface area contributed by atoms with Crippen LogP contribution in [0.5, 0.6) is 0 Å². The van der Waals surface area contributed by atoms with Crippen molar-refractivity contribution in [3.8, 4) is 0 Å². The number of aryl methyl sites for hydroxylation is 2. The molecule has 0 fully saturated rings. The zero-order chi connectivity index (χ0) is 13.7. The predicted molar refractivity (Wildman–Crippen MR) is 72.7 cm³/mol. The Balaban J connectivity index is 2.89. The van der Waals surface area contributed by atoms with E-state index in [1.807, 2.05) is 24.8 Å². The lowest BCUT2D eigenvalue weighted by Gasteiger charge is -2.24. The number of hydrogen-bond acceptors (Lipinski definition) is 4. The summed E-state index contributed by atoms with van der Waals surface area (Å²) in [5.41, 5.74) is 2.02. The molecule has 1 heterocycles. The molecule has 0 aliphatic rings. The van der Waals surface area contributed by atoms with Crippen molar-refractivity contribution in [3.05, 3.63) is 17.3 Å². The molecule has 0 saturated carbocycles. The molecule has 100 valence electrons. The van der Waals surface area contributed by atoms with Crippen molar-refractivity contribution in [2.45, 2.75) is 27.2 Å². The van der Waals surface area contributed by atoms with E-state index in [2.05, 4.69) is 17.1 Å². The van der Waals surface area contributed by atoms with E-state index in [1.54, 1.807) is 19.0 Å². The summed E-state index contributed by atoms with van der Waals surface area (Å²) in [7, 11) is 3.52. The first kappa shape index (κ1) is 14.4. The average Bonchev–Trinajstić information content (AvgIpc) is 2.32. The maximum absolute atomic E-state index is 11.8. The molecule has 0 aliphatic carbocycles. The lowest BCUT2D eigenvalue weighted by Crippen LogP contribution is -2.37. The third-order valence-electron chi connectivity index (χ3n) is 2.86. The first-order valence-electron chi connectivity index (χ1n) is 6.21. The normalized spacial score (nSPS) is 10.3. The number of carbonyl (C=O) groups is 1. The summed E-state index contributed by atoms with van der Waals surface area (Å²) in [5.74, 6) is 0.846. The lowest BCUT2D eigenvalue weighted by molar-refractivity contribution is -0.127. The maximum atomic E-state index is 11.8. The highest BCUT2D eigenvalue weighted by Gasteiger charge is 2.14. The molecule has 1 rings (SSSR count). The first-order chi connectivity index (χ1) is 8.45. The van der Waals surface area contributed by atoms with Crippen molar-refractivity contribution in [3.63, 3.8) is 0 Å². The second kappa shape index (κ2) is 6.33. The van der Waals surface area contributed by atoms with Crippen molar-refractivity contribution in [2.24, 2.45) is 0 Å². The highest BCUT2D eigenvalue weighted by Crippen LogP contribution is 2.13. The van der Waals surface area contributed by atoms with Gasteiger partial charge in [0.2, 0.25) is 5.91 Å². The van der Waals surface area contributed by atoms with Crippen LogP contribution in [-0.2, 0) is 4.79 Å². The summed E-state index contributed by atoms with van der Waals surface area (Å²) < 4.78 is 0. The maximum Gasteiger partial charge on any atom is 0.241 e. The number of rotatable bonds is 5. The molecule has 0 N–H and O–H groups in total. The monoisotopic (exact) mass is 250 g/mol. The van der Waals surface area contributed by atoms with Crippen LogP contribution in [-0.4, -0.2) is 48.2 Å². The van der Waals surface area contributed by atoms with E-state index in [0.717, 1.165) is 30.0 Å². The average molecular weight is 250 g/mol. The molecule has 0 unspecified atom stereocenters. The van der Waals surface area contributed by atoms with E-state index in [0.29, 0.717) is 6.54 Å². The number of amides is 1. The number of carbonyl (C=O) groups excluding carboxylic acids is 1. The van der Waals surface area contributed by atoms with Crippen molar-refractivity contribution < 1.29 is 4.79 Å². The van der Waals surface area contributed by atoms with Crippen LogP contribution in [0.2, 0.25) is 0 Å². The predicted octanol–water partition coefficient (Wildman–Crippen LogP) is 1.40. The zero-order valence-electron chi connectivity index (χ0n) is 11.9. The van der Waals surface area contributed by atoms with E-state index in [9.17, 15) is 4.79 Å². The Hall–Kier alpha value is -1.65. The zero-order valence-corrected chi connectivity index (χ0v) is 11.9. The smallest absolute Gasteiger partial charge is 0.241 e. The van der Waals surface area contributed by atoms with Gasteiger partial charge in [-0.1, -0.05) is 6.92 Å². The molecule has 0 radical (unpaired) electrons. The van der Waals surface area contributed by atoms with E-state index in [4.69, 9.17) is 0 Å². The highest BCUT2D eigenvalue weighted by atomic mass is 16.2. The van der Waals surface area contributed by atoms with Crippen LogP contribution in [0.1, 0.15) is 24.6 Å². The van der Waals surface area contributed by atoms with Gasteiger partial charge in [-0.25, -0.2) is 0 Å². The van der Waals surface area contributed by atoms with Crippen molar-refractivity contribution in [1.29, 1.82) is 0 Å². The molecule has 0 atom stereocenters. The van der Waals surface area contributed by atoms with Gasteiger partial charge in [-0.15, -0.1) is 5.10 Å². The van der Waals surface area contributed by atoms with Crippen LogP contribution < -0.4 is 4.90 Å². The Morgan fingerprint density at radius 3 is 2.44 bits per heavy atom. The van der Waals surface area contributed by atoms with Crippen LogP contribution in [0.3, 0.4) is 0 Å². The fraction of sp³-hybridized carbons (Fsp3) is 0.615. The molecule has 1 aromatic heterocycles. The first-order valence-corrected chi connectivity index (χ1v) is 6.21. The van der Waals surface area contributed by atoms with Gasteiger partial charge in [-0.3, -0.25) is 4.79 Å². The van der Waals surface area contributed by atoms with E-state index in [1.165, 1.54) is 0 Å². The summed E-state index contributed by atoms with van der Waals surface area (Å²) in [6.07, 6.45) is 0.968. The fourth-order valence-corrected chi connectivity index (χ4v) is 1.54. The topological polar surface area (TPSA) is 49.3 Å². The molecule has 18 heavy (non-hydrogen) atoms. The number of hydrogen-bond donors (Lipinski definition) is 0. The molecular formula is C13H22N4O. The number of aromatic nitrogens is 2. The Morgan fingerprint density at radius 2 is 1.94 bits per heavy atom. The van der Waals surface area contributed by atoms with Crippen LogP contribution in [0, 0.1) is 13.8 Å². The second-order valence-electron chi connectivity index (χ2n) is 4.68. The molecule has 5 nitrogen and oxygen atoms in total. The Kier molecular flexibility index (Phi) is 5.07. The molecule has 0 bridgehead atoms. The Morgan fingerprint density at radius 1 is 1.28 bits per heavy atom. The SMILES string of the molecule is CCCN(CC(=O)N(C)C)c1cc(C)c(C)nn1. The number of likely N-dealkylation sites (N-methyl/N-ethyl adjacent to an activating group) is 1. The minimum Gasteiger partial charge on any atom is -0.347 e. The molecular weight excluding hydrogens is 228 g/mol. The molecule has 1 amide bonds. The molecule has 5 heteroatoms. The van der Waals surface area contributed by atoms with Gasteiger partial charge in [0.15, 0.2) is 5.82 Å². The molecule has 0 aromatic carbocycles. The van der Waals surface area contributed by atoms with Gasteiger partial charge in [-0.05, 0) is 31.9 Å². The second-order valence-corrected chi connectivity index (χ2v) is 4.68. The van der Waals surface area contributed by atoms with Crippen molar-refractivity contribution >= 4 is 11.7 Å². The van der Waals surface area contributed by atoms with Crippen molar-refractivity contribution in [1.82, 2.24) is 15.1 Å². The minimum absolute atomic E-state index is 0.0727. The van der Waals surface area contributed by atoms with Crippen LogP contribution >= 0.6 is 0 Å². The molecule has 0 aliphatic heterocycles. The number of nitrogens with zero attached hydrogens (tertiary/aromatic N) is 4. The summed E-state index contributed by atoms with van der Waals surface area (Å²) in [6, 6.07) is 1.99. The minimum atomic E-state index is 0.0727. The van der Waals surface area contributed by atoms with Crippen LogP contribution in [0.4, 0.5) is 5.82 Å². The fourth-order valence-electron chi connectivity index (χ4n) is 1.54. The van der Waals surface area contributed by atoms with E-state index >= 15 is 0 Å². The van der Waals surface area contributed by atoms with Gasteiger partial charge in [0.05, 0.1) is 12.2 Å². The largest absolute Gasteiger partial charge is 0.347 e. The summed E-state index contributed by atoms with van der Waals surface area (Å²) in [4.78, 5) is 15.4. The highest BCUT2D eigenvalue weighted by molar-refractivity contribution is 5.80. The summed E-state index contributed by atoms with van der Waals surface area (Å²) in [5, 5.41) is 8.29. The Labute approximate surface area is 109 Å². The Bertz CT molecular complexity index is 417.